The molecule has 0 radical (unpaired) electrons. The van der Waals surface area contributed by atoms with Crippen molar-refractivity contribution in [2.45, 2.75) is 32.6 Å². The molecule has 0 bridgehead atoms. The molecular weight excluding hydrogens is 367 g/mol. The normalized spacial score (nSPS) is 10.8. The van der Waals surface area contributed by atoms with Gasteiger partial charge in [-0.1, -0.05) is 25.5 Å². The third kappa shape index (κ3) is 7.60. The van der Waals surface area contributed by atoms with Crippen LogP contribution in [0.4, 0.5) is 9.52 Å². The zero-order valence-corrected chi connectivity index (χ0v) is 16.7. The number of methoxy groups -OCH3 is 1. The summed E-state index contributed by atoms with van der Waals surface area (Å²) in [7, 11) is 1.61. The summed E-state index contributed by atoms with van der Waals surface area (Å²) in [5, 5.41) is 3.66. The Bertz CT molecular complexity index is 693. The number of hydrogen-bond donors (Lipinski definition) is 1. The number of carbonyl (C=O) groups is 1. The van der Waals surface area contributed by atoms with Gasteiger partial charge in [0, 0.05) is 51.1 Å². The Labute approximate surface area is 163 Å². The molecule has 1 N–H and O–H groups in total. The minimum Gasteiger partial charge on any atom is -0.383 e. The fourth-order valence-electron chi connectivity index (χ4n) is 2.50. The summed E-state index contributed by atoms with van der Waals surface area (Å²) in [4.78, 5) is 18.7. The maximum absolute atomic E-state index is 13.0. The summed E-state index contributed by atoms with van der Waals surface area (Å²) in [6, 6.07) is 6.38. The molecule has 1 aromatic carbocycles. The van der Waals surface area contributed by atoms with Gasteiger partial charge in [0.2, 0.25) is 11.0 Å². The summed E-state index contributed by atoms with van der Waals surface area (Å²) in [6.07, 6.45) is 3.06. The Morgan fingerprint density at radius 2 is 2.07 bits per heavy atom. The van der Waals surface area contributed by atoms with Crippen LogP contribution in [0.5, 0.6) is 0 Å². The fraction of sp³-hybridized carbons (Fsp3) is 0.526. The van der Waals surface area contributed by atoms with Crippen LogP contribution in [0.3, 0.4) is 0 Å². The average Bonchev–Trinajstić information content (AvgIpc) is 3.12. The average molecular weight is 395 g/mol. The Morgan fingerprint density at radius 1 is 1.30 bits per heavy atom. The van der Waals surface area contributed by atoms with Gasteiger partial charge in [0.25, 0.3) is 0 Å². The van der Waals surface area contributed by atoms with E-state index in [-0.39, 0.29) is 11.7 Å². The van der Waals surface area contributed by atoms with Gasteiger partial charge in [0.15, 0.2) is 0 Å². The van der Waals surface area contributed by atoms with Crippen LogP contribution in [-0.2, 0) is 16.0 Å². The van der Waals surface area contributed by atoms with E-state index >= 15 is 0 Å². The van der Waals surface area contributed by atoms with Crippen LogP contribution in [0.15, 0.2) is 24.3 Å². The quantitative estimate of drug-likeness (QED) is 0.561. The van der Waals surface area contributed by atoms with Gasteiger partial charge >= 0.3 is 0 Å². The van der Waals surface area contributed by atoms with E-state index in [9.17, 15) is 9.18 Å². The molecule has 27 heavy (non-hydrogen) atoms. The summed E-state index contributed by atoms with van der Waals surface area (Å²) in [5.41, 5.74) is 0.971. The van der Waals surface area contributed by atoms with Crippen molar-refractivity contribution >= 4 is 22.6 Å². The van der Waals surface area contributed by atoms with E-state index in [1.165, 1.54) is 23.7 Å². The van der Waals surface area contributed by atoms with E-state index in [4.69, 9.17) is 4.74 Å². The van der Waals surface area contributed by atoms with E-state index in [1.54, 1.807) is 19.2 Å². The van der Waals surface area contributed by atoms with Gasteiger partial charge in [0.1, 0.15) is 11.6 Å². The molecule has 148 valence electrons. The number of hydrogen-bond acceptors (Lipinski definition) is 6. The molecule has 0 aliphatic carbocycles. The van der Waals surface area contributed by atoms with E-state index in [2.05, 4.69) is 26.5 Å². The van der Waals surface area contributed by atoms with Gasteiger partial charge in [-0.2, -0.15) is 4.37 Å². The molecule has 2 aromatic rings. The molecular formula is C19H27FN4O2S. The molecule has 1 aromatic heterocycles. The van der Waals surface area contributed by atoms with Crippen LogP contribution in [0, 0.1) is 5.82 Å². The molecule has 0 spiro atoms. The number of anilines is 1. The SMILES string of the molecule is CCCCN(CCC(=O)NCCOC)c1nc(Cc2ccc(F)cc2)ns1. The number of ether oxygens (including phenoxy) is 1. The lowest BCUT2D eigenvalue weighted by Gasteiger charge is -2.20. The van der Waals surface area contributed by atoms with Gasteiger partial charge in [-0.05, 0) is 24.1 Å². The maximum Gasteiger partial charge on any atom is 0.221 e. The standard InChI is InChI=1S/C19H27FN4O2S/c1-3-4-11-24(12-9-18(25)21-10-13-26-2)19-22-17(23-27-19)14-15-5-7-16(20)8-6-15/h5-8H,3-4,9-14H2,1-2H3,(H,21,25). The Kier molecular flexibility index (Phi) is 9.13. The van der Waals surface area contributed by atoms with Gasteiger partial charge in [-0.25, -0.2) is 9.37 Å². The second-order valence-electron chi connectivity index (χ2n) is 6.23. The number of amides is 1. The van der Waals surface area contributed by atoms with Crippen molar-refractivity contribution in [2.75, 3.05) is 38.3 Å². The summed E-state index contributed by atoms with van der Waals surface area (Å²) < 4.78 is 22.4. The van der Waals surface area contributed by atoms with Crippen molar-refractivity contribution in [2.24, 2.45) is 0 Å². The first-order valence-corrected chi connectivity index (χ1v) is 9.97. The summed E-state index contributed by atoms with van der Waals surface area (Å²) >= 11 is 1.34. The number of nitrogens with one attached hydrogen (secondary N) is 1. The van der Waals surface area contributed by atoms with Crippen LogP contribution in [-0.4, -0.2) is 48.6 Å². The van der Waals surface area contributed by atoms with Gasteiger partial charge in [-0.3, -0.25) is 4.79 Å². The predicted molar refractivity (Wildman–Crippen MR) is 106 cm³/mol. The number of aromatic nitrogens is 2. The Morgan fingerprint density at radius 3 is 2.78 bits per heavy atom. The molecule has 0 aliphatic rings. The molecule has 0 saturated heterocycles. The van der Waals surface area contributed by atoms with Crippen molar-refractivity contribution in [3.8, 4) is 0 Å². The van der Waals surface area contributed by atoms with Crippen LogP contribution < -0.4 is 10.2 Å². The van der Waals surface area contributed by atoms with E-state index < -0.39 is 0 Å². The molecule has 0 aliphatic heterocycles. The van der Waals surface area contributed by atoms with E-state index in [0.717, 1.165) is 30.1 Å². The minimum atomic E-state index is -0.250. The Hall–Kier alpha value is -2.06. The molecule has 0 unspecified atom stereocenters. The lowest BCUT2D eigenvalue weighted by atomic mass is 10.1. The number of benzene rings is 1. The third-order valence-electron chi connectivity index (χ3n) is 4.02. The van der Waals surface area contributed by atoms with Crippen LogP contribution in [0.25, 0.3) is 0 Å². The van der Waals surface area contributed by atoms with Crippen LogP contribution in [0.2, 0.25) is 0 Å². The zero-order chi connectivity index (χ0) is 19.5. The first kappa shape index (κ1) is 21.2. The van der Waals surface area contributed by atoms with Crippen molar-refractivity contribution < 1.29 is 13.9 Å². The molecule has 6 nitrogen and oxygen atoms in total. The summed E-state index contributed by atoms with van der Waals surface area (Å²) in [6.45, 7) is 4.60. The highest BCUT2D eigenvalue weighted by atomic mass is 32.1. The minimum absolute atomic E-state index is 0.00426. The number of carbonyl (C=O) groups excluding carboxylic acids is 1. The molecule has 1 amide bonds. The molecule has 0 atom stereocenters. The second-order valence-corrected chi connectivity index (χ2v) is 6.96. The van der Waals surface area contributed by atoms with E-state index in [1.807, 2.05) is 0 Å². The molecule has 0 saturated carbocycles. The second kappa shape index (κ2) is 11.6. The van der Waals surface area contributed by atoms with Crippen LogP contribution in [0.1, 0.15) is 37.6 Å². The highest BCUT2D eigenvalue weighted by Crippen LogP contribution is 2.20. The fourth-order valence-corrected chi connectivity index (χ4v) is 3.24. The van der Waals surface area contributed by atoms with Crippen molar-refractivity contribution in [3.05, 3.63) is 41.5 Å². The number of halogens is 1. The monoisotopic (exact) mass is 394 g/mol. The number of rotatable bonds is 12. The predicted octanol–water partition coefficient (Wildman–Crippen LogP) is 3.03. The van der Waals surface area contributed by atoms with Crippen LogP contribution >= 0.6 is 11.5 Å². The molecule has 1 heterocycles. The highest BCUT2D eigenvalue weighted by Gasteiger charge is 2.14. The maximum atomic E-state index is 13.0. The van der Waals surface area contributed by atoms with Gasteiger partial charge in [-0.15, -0.1) is 0 Å². The van der Waals surface area contributed by atoms with Crippen molar-refractivity contribution in [3.63, 3.8) is 0 Å². The third-order valence-corrected chi connectivity index (χ3v) is 4.84. The summed E-state index contributed by atoms with van der Waals surface area (Å²) in [5.74, 6) is 0.470. The Balaban J connectivity index is 1.93. The molecule has 0 fully saturated rings. The number of nitrogens with zero attached hydrogens (tertiary/aromatic N) is 3. The zero-order valence-electron chi connectivity index (χ0n) is 15.9. The smallest absolute Gasteiger partial charge is 0.221 e. The van der Waals surface area contributed by atoms with Crippen molar-refractivity contribution in [1.82, 2.24) is 14.7 Å². The molecule has 8 heteroatoms. The van der Waals surface area contributed by atoms with Crippen molar-refractivity contribution in [1.29, 1.82) is 0 Å². The largest absolute Gasteiger partial charge is 0.383 e. The topological polar surface area (TPSA) is 67.4 Å². The van der Waals surface area contributed by atoms with Gasteiger partial charge < -0.3 is 15.0 Å². The van der Waals surface area contributed by atoms with E-state index in [0.29, 0.717) is 38.4 Å². The first-order valence-electron chi connectivity index (χ1n) is 9.20. The number of unbranched alkanes of at least 4 members (excludes halogenated alkanes) is 1. The molecule has 2 rings (SSSR count). The highest BCUT2D eigenvalue weighted by molar-refractivity contribution is 7.09. The lowest BCUT2D eigenvalue weighted by molar-refractivity contribution is -0.121. The lowest BCUT2D eigenvalue weighted by Crippen LogP contribution is -2.33. The van der Waals surface area contributed by atoms with Gasteiger partial charge in [0.05, 0.1) is 6.61 Å². The first-order chi connectivity index (χ1) is 13.1.